The molecular weight excluding hydrogens is 478 g/mol. The van der Waals surface area contributed by atoms with Crippen molar-refractivity contribution in [2.24, 2.45) is 0 Å². The zero-order chi connectivity index (χ0) is 24.3. The quantitative estimate of drug-likeness (QED) is 0.358. The first-order valence-electron chi connectivity index (χ1n) is 10.1. The number of pyridine rings is 1. The Hall–Kier alpha value is -3.82. The van der Waals surface area contributed by atoms with Crippen molar-refractivity contribution >= 4 is 44.1 Å². The molecule has 1 aromatic heterocycles. The predicted molar refractivity (Wildman–Crippen MR) is 131 cm³/mol. The lowest BCUT2D eigenvalue weighted by Gasteiger charge is -2.10. The number of sulfonamides is 1. The van der Waals surface area contributed by atoms with Crippen molar-refractivity contribution in [3.63, 3.8) is 0 Å². The number of methoxy groups -OCH3 is 1. The number of carbonyl (C=O) groups excluding carboxylic acids is 1. The van der Waals surface area contributed by atoms with Crippen molar-refractivity contribution < 1.29 is 17.9 Å². The third kappa shape index (κ3) is 5.05. The van der Waals surface area contributed by atoms with Gasteiger partial charge in [-0.2, -0.15) is 0 Å². The van der Waals surface area contributed by atoms with Crippen LogP contribution in [0.1, 0.15) is 15.9 Å². The second-order valence-corrected chi connectivity index (χ2v) is 9.50. The lowest BCUT2D eigenvalue weighted by atomic mass is 10.1. The van der Waals surface area contributed by atoms with Gasteiger partial charge in [0.05, 0.1) is 12.0 Å². The Morgan fingerprint density at radius 3 is 2.41 bits per heavy atom. The maximum absolute atomic E-state index is 13.0. The molecule has 1 heterocycles. The zero-order valence-electron chi connectivity index (χ0n) is 18.0. The molecule has 34 heavy (non-hydrogen) atoms. The molecule has 0 radical (unpaired) electrons. The highest BCUT2D eigenvalue weighted by Gasteiger charge is 2.17. The van der Waals surface area contributed by atoms with Crippen LogP contribution in [-0.4, -0.2) is 26.4 Å². The fourth-order valence-electron chi connectivity index (χ4n) is 3.30. The largest absolute Gasteiger partial charge is 0.497 e. The minimum Gasteiger partial charge on any atom is -0.497 e. The van der Waals surface area contributed by atoms with E-state index < -0.39 is 21.4 Å². The smallest absolute Gasteiger partial charge is 0.261 e. The Labute approximate surface area is 200 Å². The number of hydrogen-bond donors (Lipinski definition) is 3. The number of aromatic nitrogens is 1. The van der Waals surface area contributed by atoms with Crippen molar-refractivity contribution in [3.05, 3.63) is 99.3 Å². The highest BCUT2D eigenvalue weighted by atomic mass is 35.5. The second kappa shape index (κ2) is 9.58. The van der Waals surface area contributed by atoms with Crippen LogP contribution < -0.4 is 20.2 Å². The Balaban J connectivity index is 1.57. The summed E-state index contributed by atoms with van der Waals surface area (Å²) in [7, 11) is -2.41. The molecule has 174 valence electrons. The van der Waals surface area contributed by atoms with Crippen LogP contribution >= 0.6 is 11.6 Å². The molecule has 8 nitrogen and oxygen atoms in total. The van der Waals surface area contributed by atoms with Crippen LogP contribution in [-0.2, 0) is 16.6 Å². The molecule has 0 unspecified atom stereocenters. The third-order valence-corrected chi connectivity index (χ3v) is 6.76. The molecule has 0 fully saturated rings. The molecule has 0 aliphatic heterocycles. The molecule has 1 amide bonds. The van der Waals surface area contributed by atoms with Crippen LogP contribution in [0.2, 0.25) is 5.02 Å². The molecule has 3 aromatic carbocycles. The monoisotopic (exact) mass is 497 g/mol. The van der Waals surface area contributed by atoms with Crippen molar-refractivity contribution in [3.8, 4) is 5.75 Å². The molecule has 3 N–H and O–H groups in total. The van der Waals surface area contributed by atoms with E-state index in [4.69, 9.17) is 16.3 Å². The first-order chi connectivity index (χ1) is 16.3. The van der Waals surface area contributed by atoms with E-state index in [1.807, 2.05) is 0 Å². The number of anilines is 1. The van der Waals surface area contributed by atoms with Crippen molar-refractivity contribution in [1.29, 1.82) is 0 Å². The molecule has 10 heteroatoms. The number of halogens is 1. The Bertz CT molecular complexity index is 1520. The van der Waals surface area contributed by atoms with Gasteiger partial charge in [-0.05, 0) is 60.2 Å². The summed E-state index contributed by atoms with van der Waals surface area (Å²) in [5.74, 6) is -0.0274. The third-order valence-electron chi connectivity index (χ3n) is 5.11. The van der Waals surface area contributed by atoms with E-state index >= 15 is 0 Å². The van der Waals surface area contributed by atoms with Gasteiger partial charge in [0.15, 0.2) is 0 Å². The first-order valence-corrected chi connectivity index (χ1v) is 12.0. The SMILES string of the molecule is COc1ccc(S(=O)(=O)Nc2ccc3[nH]cc(C(=O)NCc4ccc(Cl)cc4)c(=O)c3c2)cc1. The number of amides is 1. The normalized spacial score (nSPS) is 11.2. The molecule has 0 bridgehead atoms. The first kappa shape index (κ1) is 23.3. The highest BCUT2D eigenvalue weighted by Crippen LogP contribution is 2.21. The summed E-state index contributed by atoms with van der Waals surface area (Å²) in [6.07, 6.45) is 1.34. The molecule has 0 aliphatic rings. The molecule has 0 spiro atoms. The number of hydrogen-bond acceptors (Lipinski definition) is 5. The molecule has 4 rings (SSSR count). The average molecular weight is 498 g/mol. The Morgan fingerprint density at radius 2 is 1.74 bits per heavy atom. The maximum Gasteiger partial charge on any atom is 0.261 e. The van der Waals surface area contributed by atoms with Gasteiger partial charge in [-0.3, -0.25) is 14.3 Å². The van der Waals surface area contributed by atoms with Gasteiger partial charge in [0.25, 0.3) is 15.9 Å². The number of carbonyl (C=O) groups is 1. The van der Waals surface area contributed by atoms with Gasteiger partial charge < -0.3 is 15.0 Å². The van der Waals surface area contributed by atoms with Gasteiger partial charge >= 0.3 is 0 Å². The average Bonchev–Trinajstić information content (AvgIpc) is 2.84. The summed E-state index contributed by atoms with van der Waals surface area (Å²) in [5, 5.41) is 3.46. The van der Waals surface area contributed by atoms with Crippen molar-refractivity contribution in [1.82, 2.24) is 10.3 Å². The summed E-state index contributed by atoms with van der Waals surface area (Å²) >= 11 is 5.87. The number of ether oxygens (including phenoxy) is 1. The summed E-state index contributed by atoms with van der Waals surface area (Å²) in [6, 6.07) is 17.4. The van der Waals surface area contributed by atoms with Crippen molar-refractivity contribution in [2.45, 2.75) is 11.4 Å². The van der Waals surface area contributed by atoms with Crippen LogP contribution in [0, 0.1) is 0 Å². The summed E-state index contributed by atoms with van der Waals surface area (Å²) in [6.45, 7) is 0.217. The molecule has 0 aliphatic carbocycles. The fourth-order valence-corrected chi connectivity index (χ4v) is 4.47. The molecular formula is C24H20ClN3O5S. The van der Waals surface area contributed by atoms with Crippen molar-refractivity contribution in [2.75, 3.05) is 11.8 Å². The van der Waals surface area contributed by atoms with E-state index in [1.54, 1.807) is 30.3 Å². The minimum absolute atomic E-state index is 0.0395. The topological polar surface area (TPSA) is 117 Å². The standard InChI is InChI=1S/C24H20ClN3O5S/c1-33-18-7-9-19(10-8-18)34(31,32)28-17-6-11-22-20(12-17)23(29)21(14-26-22)24(30)27-13-15-2-4-16(25)5-3-15/h2-12,14,28H,13H2,1H3,(H,26,29)(H,27,30). The Kier molecular flexibility index (Phi) is 6.58. The van der Waals surface area contributed by atoms with Crippen LogP contribution in [0.3, 0.4) is 0 Å². The molecule has 0 atom stereocenters. The number of nitrogens with one attached hydrogen (secondary N) is 3. The predicted octanol–water partition coefficient (Wildman–Crippen LogP) is 3.92. The minimum atomic E-state index is -3.90. The fraction of sp³-hybridized carbons (Fsp3) is 0.0833. The molecule has 4 aromatic rings. The summed E-state index contributed by atoms with van der Waals surface area (Å²) in [5.41, 5.74) is 0.869. The van der Waals surface area contributed by atoms with E-state index in [0.717, 1.165) is 5.56 Å². The van der Waals surface area contributed by atoms with Crippen LogP contribution in [0.5, 0.6) is 5.75 Å². The maximum atomic E-state index is 13.0. The zero-order valence-corrected chi connectivity index (χ0v) is 19.5. The van der Waals surface area contributed by atoms with E-state index in [0.29, 0.717) is 16.3 Å². The number of aromatic amines is 1. The summed E-state index contributed by atoms with van der Waals surface area (Å²) in [4.78, 5) is 28.6. The second-order valence-electron chi connectivity index (χ2n) is 7.38. The van der Waals surface area contributed by atoms with E-state index in [1.165, 1.54) is 49.7 Å². The number of rotatable bonds is 7. The Morgan fingerprint density at radius 1 is 1.03 bits per heavy atom. The number of benzene rings is 3. The van der Waals surface area contributed by atoms with Crippen LogP contribution in [0.4, 0.5) is 5.69 Å². The van der Waals surface area contributed by atoms with Gasteiger partial charge in [0.2, 0.25) is 5.43 Å². The lowest BCUT2D eigenvalue weighted by molar-refractivity contribution is 0.0949. The van der Waals surface area contributed by atoms with E-state index in [-0.39, 0.29) is 28.1 Å². The number of H-pyrrole nitrogens is 1. The van der Waals surface area contributed by atoms with E-state index in [2.05, 4.69) is 15.0 Å². The molecule has 0 saturated heterocycles. The van der Waals surface area contributed by atoms with Crippen LogP contribution in [0.15, 0.2) is 82.6 Å². The van der Waals surface area contributed by atoms with Gasteiger partial charge in [0.1, 0.15) is 11.3 Å². The van der Waals surface area contributed by atoms with Crippen LogP contribution in [0.25, 0.3) is 10.9 Å². The van der Waals surface area contributed by atoms with E-state index in [9.17, 15) is 18.0 Å². The highest BCUT2D eigenvalue weighted by molar-refractivity contribution is 7.92. The van der Waals surface area contributed by atoms with Gasteiger partial charge in [-0.15, -0.1) is 0 Å². The molecule has 0 saturated carbocycles. The lowest BCUT2D eigenvalue weighted by Crippen LogP contribution is -2.28. The van der Waals surface area contributed by atoms with Gasteiger partial charge in [-0.25, -0.2) is 8.42 Å². The van der Waals surface area contributed by atoms with Gasteiger partial charge in [0, 0.05) is 34.4 Å². The van der Waals surface area contributed by atoms with Gasteiger partial charge in [-0.1, -0.05) is 23.7 Å². The summed E-state index contributed by atoms with van der Waals surface area (Å²) < 4.78 is 33.0. The number of fused-ring (bicyclic) bond motifs is 1.